The Labute approximate surface area is 109 Å². The lowest BCUT2D eigenvalue weighted by atomic mass is 10.2. The van der Waals surface area contributed by atoms with Crippen LogP contribution in [0.25, 0.3) is 11.5 Å². The van der Waals surface area contributed by atoms with Crippen molar-refractivity contribution in [3.05, 3.63) is 48.1 Å². The van der Waals surface area contributed by atoms with Gasteiger partial charge in [-0.3, -0.25) is 0 Å². The third-order valence-electron chi connectivity index (χ3n) is 2.21. The Hall–Kier alpha value is -1.62. The average molecular weight is 264 g/mol. The summed E-state index contributed by atoms with van der Waals surface area (Å²) in [7, 11) is 0. The van der Waals surface area contributed by atoms with Gasteiger partial charge in [0.05, 0.1) is 5.75 Å². The van der Waals surface area contributed by atoms with Crippen LogP contribution in [0, 0.1) is 5.82 Å². The van der Waals surface area contributed by atoms with E-state index in [4.69, 9.17) is 4.42 Å². The van der Waals surface area contributed by atoms with E-state index < -0.39 is 0 Å². The van der Waals surface area contributed by atoms with Crippen LogP contribution in [-0.4, -0.2) is 16.0 Å². The van der Waals surface area contributed by atoms with Crippen LogP contribution < -0.4 is 0 Å². The highest BCUT2D eigenvalue weighted by molar-refractivity contribution is 7.98. The Morgan fingerprint density at radius 1 is 1.39 bits per heavy atom. The van der Waals surface area contributed by atoms with Crippen molar-refractivity contribution in [3.8, 4) is 11.5 Å². The fourth-order valence-electron chi connectivity index (χ4n) is 1.36. The van der Waals surface area contributed by atoms with E-state index in [-0.39, 0.29) is 5.82 Å². The van der Waals surface area contributed by atoms with Crippen LogP contribution in [0.4, 0.5) is 4.39 Å². The number of benzene rings is 1. The van der Waals surface area contributed by atoms with E-state index >= 15 is 0 Å². The summed E-state index contributed by atoms with van der Waals surface area (Å²) in [5, 5.41) is 7.85. The molecule has 0 aliphatic carbocycles. The average Bonchev–Trinajstić information content (AvgIpc) is 2.83. The highest BCUT2D eigenvalue weighted by Gasteiger charge is 2.08. The van der Waals surface area contributed by atoms with Gasteiger partial charge in [-0.15, -0.1) is 22.0 Å². The second-order valence-electron chi connectivity index (χ2n) is 3.60. The van der Waals surface area contributed by atoms with Crippen LogP contribution in [0.5, 0.6) is 0 Å². The first-order valence-corrected chi connectivity index (χ1v) is 6.72. The van der Waals surface area contributed by atoms with Crippen molar-refractivity contribution in [2.75, 3.05) is 5.75 Å². The molecule has 0 aliphatic heterocycles. The number of hydrogen-bond acceptors (Lipinski definition) is 4. The molecule has 1 aromatic carbocycles. The molecule has 0 saturated carbocycles. The lowest BCUT2D eigenvalue weighted by Crippen LogP contribution is -1.80. The van der Waals surface area contributed by atoms with E-state index in [9.17, 15) is 4.39 Å². The smallest absolute Gasteiger partial charge is 0.247 e. The van der Waals surface area contributed by atoms with Crippen molar-refractivity contribution < 1.29 is 8.81 Å². The van der Waals surface area contributed by atoms with Gasteiger partial charge < -0.3 is 4.42 Å². The van der Waals surface area contributed by atoms with Gasteiger partial charge in [0.25, 0.3) is 0 Å². The fraction of sp³-hybridized carbons (Fsp3) is 0.231. The Kier molecular flexibility index (Phi) is 4.52. The standard InChI is InChI=1S/C13H13FN2OS/c1-2-3-7-18-9-12-15-16-13(17-12)10-5-4-6-11(14)8-10/h2-6,8H,7,9H2,1H3/b3-2+. The van der Waals surface area contributed by atoms with Crippen molar-refractivity contribution in [1.29, 1.82) is 0 Å². The zero-order chi connectivity index (χ0) is 12.8. The first-order valence-electron chi connectivity index (χ1n) is 5.57. The highest BCUT2D eigenvalue weighted by Crippen LogP contribution is 2.20. The van der Waals surface area contributed by atoms with Crippen molar-refractivity contribution in [2.24, 2.45) is 0 Å². The van der Waals surface area contributed by atoms with E-state index in [0.717, 1.165) is 5.75 Å². The van der Waals surface area contributed by atoms with Crippen LogP contribution in [0.1, 0.15) is 12.8 Å². The molecule has 0 aliphatic rings. The van der Waals surface area contributed by atoms with E-state index in [1.807, 2.05) is 13.0 Å². The number of allylic oxidation sites excluding steroid dienone is 1. The SMILES string of the molecule is C/C=C/CSCc1nnc(-c2cccc(F)c2)o1. The normalized spacial score (nSPS) is 11.2. The minimum absolute atomic E-state index is 0.310. The quantitative estimate of drug-likeness (QED) is 0.610. The van der Waals surface area contributed by atoms with Gasteiger partial charge in [-0.1, -0.05) is 18.2 Å². The third-order valence-corrected chi connectivity index (χ3v) is 3.09. The summed E-state index contributed by atoms with van der Waals surface area (Å²) in [6, 6.07) is 6.13. The summed E-state index contributed by atoms with van der Waals surface area (Å²) in [5.41, 5.74) is 0.604. The molecule has 2 aromatic rings. The summed E-state index contributed by atoms with van der Waals surface area (Å²) in [4.78, 5) is 0. The zero-order valence-electron chi connectivity index (χ0n) is 9.97. The molecule has 94 valence electrons. The first-order chi connectivity index (χ1) is 8.79. The van der Waals surface area contributed by atoms with Crippen LogP contribution >= 0.6 is 11.8 Å². The van der Waals surface area contributed by atoms with E-state index in [2.05, 4.69) is 16.3 Å². The van der Waals surface area contributed by atoms with Crippen LogP contribution in [0.3, 0.4) is 0 Å². The fourth-order valence-corrected chi connectivity index (χ4v) is 2.10. The predicted octanol–water partition coefficient (Wildman–Crippen LogP) is 3.69. The lowest BCUT2D eigenvalue weighted by Gasteiger charge is -1.94. The highest BCUT2D eigenvalue weighted by atomic mass is 32.2. The van der Waals surface area contributed by atoms with Gasteiger partial charge in [-0.2, -0.15) is 0 Å². The molecule has 0 N–H and O–H groups in total. The molecule has 2 rings (SSSR count). The Morgan fingerprint density at radius 2 is 2.28 bits per heavy atom. The maximum Gasteiger partial charge on any atom is 0.247 e. The predicted molar refractivity (Wildman–Crippen MR) is 70.7 cm³/mol. The second kappa shape index (κ2) is 6.35. The topological polar surface area (TPSA) is 38.9 Å². The van der Waals surface area contributed by atoms with Crippen molar-refractivity contribution in [3.63, 3.8) is 0 Å². The van der Waals surface area contributed by atoms with E-state index in [0.29, 0.717) is 23.1 Å². The summed E-state index contributed by atoms with van der Waals surface area (Å²) in [6.07, 6.45) is 4.06. The number of rotatable bonds is 5. The molecule has 0 saturated heterocycles. The summed E-state index contributed by atoms with van der Waals surface area (Å²) >= 11 is 1.69. The Bertz CT molecular complexity index is 539. The lowest BCUT2D eigenvalue weighted by molar-refractivity contribution is 0.527. The number of aromatic nitrogens is 2. The maximum atomic E-state index is 13.0. The molecule has 0 atom stereocenters. The Balaban J connectivity index is 2.01. The molecule has 18 heavy (non-hydrogen) atoms. The number of nitrogens with zero attached hydrogens (tertiary/aromatic N) is 2. The molecule has 5 heteroatoms. The van der Waals surface area contributed by atoms with Gasteiger partial charge in [0.1, 0.15) is 5.82 Å². The molecule has 0 fully saturated rings. The molecule has 0 radical (unpaired) electrons. The second-order valence-corrected chi connectivity index (χ2v) is 4.63. The number of hydrogen-bond donors (Lipinski definition) is 0. The molecule has 0 amide bonds. The van der Waals surface area contributed by atoms with Crippen LogP contribution in [0.2, 0.25) is 0 Å². The van der Waals surface area contributed by atoms with Gasteiger partial charge in [0, 0.05) is 11.3 Å². The molecule has 0 bridgehead atoms. The summed E-state index contributed by atoms with van der Waals surface area (Å²) in [5.74, 6) is 2.18. The van der Waals surface area contributed by atoms with Gasteiger partial charge in [-0.05, 0) is 25.1 Å². The van der Waals surface area contributed by atoms with Crippen LogP contribution in [0.15, 0.2) is 40.8 Å². The number of halogens is 1. The monoisotopic (exact) mass is 264 g/mol. The van der Waals surface area contributed by atoms with E-state index in [1.54, 1.807) is 23.9 Å². The van der Waals surface area contributed by atoms with Gasteiger partial charge in [-0.25, -0.2) is 4.39 Å². The summed E-state index contributed by atoms with van der Waals surface area (Å²) in [6.45, 7) is 1.98. The van der Waals surface area contributed by atoms with Crippen molar-refractivity contribution in [1.82, 2.24) is 10.2 Å². The summed E-state index contributed by atoms with van der Waals surface area (Å²) < 4.78 is 18.5. The molecule has 1 heterocycles. The number of thioether (sulfide) groups is 1. The van der Waals surface area contributed by atoms with Gasteiger partial charge in [0.15, 0.2) is 0 Å². The van der Waals surface area contributed by atoms with Crippen molar-refractivity contribution in [2.45, 2.75) is 12.7 Å². The molecule has 1 aromatic heterocycles. The molecular weight excluding hydrogens is 251 g/mol. The van der Waals surface area contributed by atoms with E-state index in [1.165, 1.54) is 12.1 Å². The minimum atomic E-state index is -0.310. The molecule has 0 spiro atoms. The maximum absolute atomic E-state index is 13.0. The first kappa shape index (κ1) is 12.8. The zero-order valence-corrected chi connectivity index (χ0v) is 10.8. The van der Waals surface area contributed by atoms with Gasteiger partial charge >= 0.3 is 0 Å². The minimum Gasteiger partial charge on any atom is -0.420 e. The molecule has 0 unspecified atom stereocenters. The third kappa shape index (κ3) is 3.43. The van der Waals surface area contributed by atoms with Gasteiger partial charge in [0.2, 0.25) is 11.8 Å². The largest absolute Gasteiger partial charge is 0.420 e. The van der Waals surface area contributed by atoms with Crippen molar-refractivity contribution >= 4 is 11.8 Å². The Morgan fingerprint density at radius 3 is 3.06 bits per heavy atom. The molecular formula is C13H13FN2OS. The van der Waals surface area contributed by atoms with Crippen LogP contribution in [-0.2, 0) is 5.75 Å². The molecule has 3 nitrogen and oxygen atoms in total.